The Labute approximate surface area is 140 Å². The van der Waals surface area contributed by atoms with Gasteiger partial charge in [0.2, 0.25) is 5.91 Å². The number of nitrogens with zero attached hydrogens (tertiary/aromatic N) is 2. The maximum Gasteiger partial charge on any atom is 0.290 e. The number of anilines is 1. The minimum atomic E-state index is -0.306. The van der Waals surface area contributed by atoms with E-state index in [4.69, 9.17) is 4.42 Å². The van der Waals surface area contributed by atoms with E-state index in [2.05, 4.69) is 15.0 Å². The summed E-state index contributed by atoms with van der Waals surface area (Å²) < 4.78 is 9.89. The highest BCUT2D eigenvalue weighted by atomic mass is 16.5. The molecule has 2 aromatic rings. The van der Waals surface area contributed by atoms with Crippen molar-refractivity contribution in [2.75, 3.05) is 18.4 Å². The maximum absolute atomic E-state index is 12.6. The van der Waals surface area contributed by atoms with Crippen LogP contribution in [0.4, 0.5) is 5.82 Å². The van der Waals surface area contributed by atoms with Crippen molar-refractivity contribution in [2.24, 2.45) is 5.92 Å². The molecule has 0 saturated heterocycles. The van der Waals surface area contributed by atoms with Crippen LogP contribution in [0.2, 0.25) is 0 Å². The number of rotatable bonds is 6. The van der Waals surface area contributed by atoms with E-state index in [0.29, 0.717) is 18.3 Å². The fourth-order valence-electron chi connectivity index (χ4n) is 3.09. The van der Waals surface area contributed by atoms with Crippen LogP contribution in [0.3, 0.4) is 0 Å². The zero-order chi connectivity index (χ0) is 16.8. The van der Waals surface area contributed by atoms with Gasteiger partial charge < -0.3 is 19.2 Å². The molecule has 24 heavy (non-hydrogen) atoms. The molecule has 7 heteroatoms. The van der Waals surface area contributed by atoms with Gasteiger partial charge in [-0.1, -0.05) is 24.4 Å². The van der Waals surface area contributed by atoms with E-state index in [1.165, 1.54) is 31.8 Å². The van der Waals surface area contributed by atoms with Gasteiger partial charge in [0.15, 0.2) is 11.6 Å². The Kier molecular flexibility index (Phi) is 5.30. The van der Waals surface area contributed by atoms with Crippen molar-refractivity contribution in [3.63, 3.8) is 0 Å². The number of carbonyl (C=O) groups is 2. The molecule has 0 atom stereocenters. The molecule has 1 fully saturated rings. The van der Waals surface area contributed by atoms with Gasteiger partial charge in [-0.2, -0.15) is 0 Å². The second-order valence-corrected chi connectivity index (χ2v) is 6.10. The van der Waals surface area contributed by atoms with Crippen LogP contribution in [0.25, 0.3) is 0 Å². The number of nitrogens with one attached hydrogen (secondary N) is 1. The second-order valence-electron chi connectivity index (χ2n) is 6.10. The Morgan fingerprint density at radius 1 is 1.21 bits per heavy atom. The zero-order valence-corrected chi connectivity index (χ0v) is 13.4. The van der Waals surface area contributed by atoms with Crippen LogP contribution < -0.4 is 5.32 Å². The fourth-order valence-corrected chi connectivity index (χ4v) is 3.09. The standard InChI is InChI=1S/C17H21N3O4/c21-16(18-15-8-10-24-19-15)12-20(11-13-5-2-1-3-6-13)17(22)14-7-4-9-23-14/h4,7-10,13H,1-3,5-6,11-12H2,(H,18,19,21). The van der Waals surface area contributed by atoms with E-state index >= 15 is 0 Å². The maximum atomic E-state index is 12.6. The van der Waals surface area contributed by atoms with Crippen molar-refractivity contribution in [1.29, 1.82) is 0 Å². The van der Waals surface area contributed by atoms with Crippen molar-refractivity contribution in [1.82, 2.24) is 10.1 Å². The van der Waals surface area contributed by atoms with Crippen LogP contribution in [0.5, 0.6) is 0 Å². The number of furan rings is 1. The Balaban J connectivity index is 1.66. The molecule has 0 aliphatic heterocycles. The number of hydrogen-bond acceptors (Lipinski definition) is 5. The predicted octanol–water partition coefficient (Wildman–Crippen LogP) is 2.93. The highest BCUT2D eigenvalue weighted by molar-refractivity contribution is 5.97. The van der Waals surface area contributed by atoms with E-state index < -0.39 is 0 Å². The molecule has 1 N–H and O–H groups in total. The van der Waals surface area contributed by atoms with Crippen molar-refractivity contribution < 1.29 is 18.5 Å². The van der Waals surface area contributed by atoms with Gasteiger partial charge in [0.25, 0.3) is 5.91 Å². The topological polar surface area (TPSA) is 88.6 Å². The zero-order valence-electron chi connectivity index (χ0n) is 13.4. The molecule has 0 unspecified atom stereocenters. The van der Waals surface area contributed by atoms with Gasteiger partial charge in [-0.15, -0.1) is 0 Å². The molecule has 2 heterocycles. The Bertz CT molecular complexity index is 645. The lowest BCUT2D eigenvalue weighted by molar-refractivity contribution is -0.117. The molecule has 2 aromatic heterocycles. The van der Waals surface area contributed by atoms with Crippen LogP contribution in [0.15, 0.2) is 39.7 Å². The third-order valence-corrected chi connectivity index (χ3v) is 4.26. The molecule has 7 nitrogen and oxygen atoms in total. The molecule has 0 radical (unpaired) electrons. The van der Waals surface area contributed by atoms with E-state index in [-0.39, 0.29) is 24.1 Å². The highest BCUT2D eigenvalue weighted by Gasteiger charge is 2.25. The summed E-state index contributed by atoms with van der Waals surface area (Å²) in [7, 11) is 0. The van der Waals surface area contributed by atoms with Crippen LogP contribution >= 0.6 is 0 Å². The van der Waals surface area contributed by atoms with Crippen molar-refractivity contribution >= 4 is 17.6 Å². The van der Waals surface area contributed by atoms with Crippen LogP contribution in [0, 0.1) is 5.92 Å². The lowest BCUT2D eigenvalue weighted by Gasteiger charge is -2.28. The van der Waals surface area contributed by atoms with Crippen molar-refractivity contribution in [3.8, 4) is 0 Å². The number of carbonyl (C=O) groups excluding carboxylic acids is 2. The number of hydrogen-bond donors (Lipinski definition) is 1. The van der Waals surface area contributed by atoms with Gasteiger partial charge in [-0.05, 0) is 30.9 Å². The molecule has 2 amide bonds. The fraction of sp³-hybridized carbons (Fsp3) is 0.471. The second kappa shape index (κ2) is 7.81. The summed E-state index contributed by atoms with van der Waals surface area (Å²) in [5, 5.41) is 6.27. The molecular weight excluding hydrogens is 310 g/mol. The lowest BCUT2D eigenvalue weighted by atomic mass is 9.89. The van der Waals surface area contributed by atoms with Gasteiger partial charge in [-0.3, -0.25) is 9.59 Å². The minimum absolute atomic E-state index is 0.0388. The Morgan fingerprint density at radius 2 is 2.04 bits per heavy atom. The number of aromatic nitrogens is 1. The summed E-state index contributed by atoms with van der Waals surface area (Å²) >= 11 is 0. The molecule has 0 spiro atoms. The molecule has 1 aliphatic rings. The van der Waals surface area contributed by atoms with Crippen molar-refractivity contribution in [3.05, 3.63) is 36.5 Å². The Hall–Kier alpha value is -2.57. The Morgan fingerprint density at radius 3 is 2.71 bits per heavy atom. The van der Waals surface area contributed by atoms with Gasteiger partial charge in [-0.25, -0.2) is 0 Å². The van der Waals surface area contributed by atoms with Crippen LogP contribution in [0.1, 0.15) is 42.7 Å². The SMILES string of the molecule is O=C(CN(CC1CCCCC1)C(=O)c1ccco1)Nc1ccon1. The average Bonchev–Trinajstić information content (AvgIpc) is 3.28. The summed E-state index contributed by atoms with van der Waals surface area (Å²) in [4.78, 5) is 26.4. The molecule has 0 bridgehead atoms. The summed E-state index contributed by atoms with van der Waals surface area (Å²) in [5.74, 6) is 0.445. The molecule has 3 rings (SSSR count). The molecule has 1 saturated carbocycles. The average molecular weight is 331 g/mol. The lowest BCUT2D eigenvalue weighted by Crippen LogP contribution is -2.41. The first kappa shape index (κ1) is 16.3. The predicted molar refractivity (Wildman–Crippen MR) is 86.3 cm³/mol. The third-order valence-electron chi connectivity index (χ3n) is 4.26. The minimum Gasteiger partial charge on any atom is -0.459 e. The first-order valence-electron chi connectivity index (χ1n) is 8.25. The van der Waals surface area contributed by atoms with Gasteiger partial charge >= 0.3 is 0 Å². The summed E-state index contributed by atoms with van der Waals surface area (Å²) in [6, 6.07) is 4.84. The first-order chi connectivity index (χ1) is 11.7. The summed E-state index contributed by atoms with van der Waals surface area (Å²) in [6.45, 7) is 0.522. The van der Waals surface area contributed by atoms with E-state index in [9.17, 15) is 9.59 Å². The van der Waals surface area contributed by atoms with Gasteiger partial charge in [0.05, 0.1) is 6.26 Å². The van der Waals surface area contributed by atoms with Gasteiger partial charge in [0.1, 0.15) is 12.8 Å². The normalized spacial score (nSPS) is 15.2. The van der Waals surface area contributed by atoms with E-state index in [1.54, 1.807) is 23.1 Å². The monoisotopic (exact) mass is 331 g/mol. The molecule has 1 aliphatic carbocycles. The van der Waals surface area contributed by atoms with Crippen LogP contribution in [-0.4, -0.2) is 35.0 Å². The van der Waals surface area contributed by atoms with Gasteiger partial charge in [0, 0.05) is 12.6 Å². The first-order valence-corrected chi connectivity index (χ1v) is 8.25. The quantitative estimate of drug-likeness (QED) is 0.879. The van der Waals surface area contributed by atoms with Crippen LogP contribution in [-0.2, 0) is 4.79 Å². The molecule has 128 valence electrons. The smallest absolute Gasteiger partial charge is 0.290 e. The molecule has 0 aromatic carbocycles. The largest absolute Gasteiger partial charge is 0.459 e. The van der Waals surface area contributed by atoms with E-state index in [1.807, 2.05) is 0 Å². The highest BCUT2D eigenvalue weighted by Crippen LogP contribution is 2.25. The third kappa shape index (κ3) is 4.24. The molecular formula is C17H21N3O4. The summed E-state index contributed by atoms with van der Waals surface area (Å²) in [6.07, 6.45) is 8.62. The number of amides is 2. The summed E-state index contributed by atoms with van der Waals surface area (Å²) in [5.41, 5.74) is 0. The van der Waals surface area contributed by atoms with Crippen molar-refractivity contribution in [2.45, 2.75) is 32.1 Å². The van der Waals surface area contributed by atoms with E-state index in [0.717, 1.165) is 12.8 Å².